The van der Waals surface area contributed by atoms with Crippen molar-refractivity contribution in [1.29, 1.82) is 0 Å². The van der Waals surface area contributed by atoms with E-state index in [1.807, 2.05) is 6.07 Å². The van der Waals surface area contributed by atoms with E-state index in [0.29, 0.717) is 0 Å². The van der Waals surface area contributed by atoms with Crippen molar-refractivity contribution in [2.24, 2.45) is 0 Å². The van der Waals surface area contributed by atoms with Crippen molar-refractivity contribution >= 4 is 15.9 Å². The van der Waals surface area contributed by atoms with Crippen LogP contribution in [0, 0.1) is 0 Å². The molecule has 2 aromatic rings. The van der Waals surface area contributed by atoms with Crippen LogP contribution in [0.15, 0.2) is 46.9 Å². The number of nitrogens with zero attached hydrogens (tertiary/aromatic N) is 1. The highest BCUT2D eigenvalue weighted by atomic mass is 79.9. The first-order chi connectivity index (χ1) is 11.7. The molecule has 2 heterocycles. The molecule has 4 rings (SSSR count). The summed E-state index contributed by atoms with van der Waals surface area (Å²) in [5, 5.41) is 0. The van der Waals surface area contributed by atoms with Crippen LogP contribution < -0.4 is 9.47 Å². The van der Waals surface area contributed by atoms with Crippen molar-refractivity contribution in [1.82, 2.24) is 4.90 Å². The summed E-state index contributed by atoms with van der Waals surface area (Å²) >= 11 is 3.63. The molecule has 3 nitrogen and oxygen atoms in total. The van der Waals surface area contributed by atoms with Gasteiger partial charge < -0.3 is 9.47 Å². The summed E-state index contributed by atoms with van der Waals surface area (Å²) in [5.41, 5.74) is 2.90. The fourth-order valence-electron chi connectivity index (χ4n) is 3.91. The molecule has 0 bridgehead atoms. The van der Waals surface area contributed by atoms with Gasteiger partial charge in [0.2, 0.25) is 0 Å². The molecule has 1 spiro atoms. The molecular formula is C20H22BrNO2. The zero-order chi connectivity index (χ0) is 16.6. The number of methoxy groups -OCH3 is 1. The molecule has 1 fully saturated rings. The van der Waals surface area contributed by atoms with Crippen LogP contribution in [0.2, 0.25) is 0 Å². The van der Waals surface area contributed by atoms with Gasteiger partial charge in [-0.05, 0) is 53.5 Å². The molecule has 0 atom stereocenters. The van der Waals surface area contributed by atoms with Gasteiger partial charge in [0.05, 0.1) is 18.2 Å². The summed E-state index contributed by atoms with van der Waals surface area (Å²) in [6.45, 7) is 4.06. The van der Waals surface area contributed by atoms with E-state index in [9.17, 15) is 0 Å². The van der Waals surface area contributed by atoms with Crippen molar-refractivity contribution in [3.8, 4) is 11.5 Å². The molecule has 126 valence electrons. The molecule has 4 heteroatoms. The fraction of sp³-hybridized carbons (Fsp3) is 0.400. The molecule has 2 aliphatic rings. The standard InChI is InChI=1S/C20H22BrNO2/c1-23-19-12-18-16(11-17(19)21)20(14-24-18)7-9-22(10-8-20)13-15-5-3-2-4-6-15/h2-6,11-12H,7-10,13-14H2,1H3. The molecule has 0 N–H and O–H groups in total. The molecule has 24 heavy (non-hydrogen) atoms. The Kier molecular flexibility index (Phi) is 4.27. The summed E-state index contributed by atoms with van der Waals surface area (Å²) < 4.78 is 12.4. The Morgan fingerprint density at radius 3 is 2.62 bits per heavy atom. The lowest BCUT2D eigenvalue weighted by Gasteiger charge is -2.38. The van der Waals surface area contributed by atoms with Crippen LogP contribution in [-0.4, -0.2) is 31.7 Å². The van der Waals surface area contributed by atoms with Gasteiger partial charge in [-0.25, -0.2) is 0 Å². The normalized spacial score (nSPS) is 19.1. The number of piperidine rings is 1. The fourth-order valence-corrected chi connectivity index (χ4v) is 4.42. The SMILES string of the molecule is COc1cc2c(cc1Br)C1(CCN(Cc3ccccc3)CC1)CO2. The van der Waals surface area contributed by atoms with Gasteiger partial charge in [0, 0.05) is 23.6 Å². The molecule has 0 radical (unpaired) electrons. The zero-order valence-electron chi connectivity index (χ0n) is 13.9. The lowest BCUT2D eigenvalue weighted by atomic mass is 9.74. The molecular weight excluding hydrogens is 366 g/mol. The van der Waals surface area contributed by atoms with Gasteiger partial charge >= 0.3 is 0 Å². The Morgan fingerprint density at radius 2 is 1.92 bits per heavy atom. The number of benzene rings is 2. The van der Waals surface area contributed by atoms with Gasteiger partial charge in [-0.15, -0.1) is 0 Å². The molecule has 0 unspecified atom stereocenters. The van der Waals surface area contributed by atoms with Gasteiger partial charge in [0.25, 0.3) is 0 Å². The lowest BCUT2D eigenvalue weighted by Crippen LogP contribution is -2.43. The van der Waals surface area contributed by atoms with Crippen LogP contribution in [0.5, 0.6) is 11.5 Å². The smallest absolute Gasteiger partial charge is 0.136 e. The number of fused-ring (bicyclic) bond motifs is 2. The summed E-state index contributed by atoms with van der Waals surface area (Å²) in [7, 11) is 1.69. The molecule has 0 aromatic heterocycles. The maximum atomic E-state index is 6.02. The van der Waals surface area contributed by atoms with Crippen molar-refractivity contribution in [2.45, 2.75) is 24.8 Å². The van der Waals surface area contributed by atoms with Crippen LogP contribution >= 0.6 is 15.9 Å². The third-order valence-electron chi connectivity index (χ3n) is 5.39. The number of hydrogen-bond acceptors (Lipinski definition) is 3. The van der Waals surface area contributed by atoms with Crippen LogP contribution in [0.3, 0.4) is 0 Å². The van der Waals surface area contributed by atoms with Gasteiger partial charge in [0.15, 0.2) is 0 Å². The summed E-state index contributed by atoms with van der Waals surface area (Å²) in [6.07, 6.45) is 2.29. The monoisotopic (exact) mass is 387 g/mol. The van der Waals surface area contributed by atoms with E-state index >= 15 is 0 Å². The van der Waals surface area contributed by atoms with Crippen LogP contribution in [0.25, 0.3) is 0 Å². The highest BCUT2D eigenvalue weighted by Gasteiger charge is 2.43. The van der Waals surface area contributed by atoms with E-state index in [4.69, 9.17) is 9.47 Å². The van der Waals surface area contributed by atoms with Crippen molar-refractivity contribution in [2.75, 3.05) is 26.8 Å². The molecule has 0 amide bonds. The van der Waals surface area contributed by atoms with Gasteiger partial charge in [-0.1, -0.05) is 30.3 Å². The average molecular weight is 388 g/mol. The maximum absolute atomic E-state index is 6.02. The van der Waals surface area contributed by atoms with E-state index in [-0.39, 0.29) is 5.41 Å². The van der Waals surface area contributed by atoms with Crippen molar-refractivity contribution < 1.29 is 9.47 Å². The first-order valence-electron chi connectivity index (χ1n) is 8.47. The minimum absolute atomic E-state index is 0.164. The highest BCUT2D eigenvalue weighted by Crippen LogP contribution is 2.48. The Balaban J connectivity index is 1.49. The zero-order valence-corrected chi connectivity index (χ0v) is 15.5. The average Bonchev–Trinajstić information content (AvgIpc) is 2.95. The molecule has 2 aliphatic heterocycles. The van der Waals surface area contributed by atoms with Crippen LogP contribution in [-0.2, 0) is 12.0 Å². The van der Waals surface area contributed by atoms with Crippen LogP contribution in [0.1, 0.15) is 24.0 Å². The Bertz CT molecular complexity index is 724. The summed E-state index contributed by atoms with van der Waals surface area (Å²) in [4.78, 5) is 2.55. The lowest BCUT2D eigenvalue weighted by molar-refractivity contribution is 0.130. The van der Waals surface area contributed by atoms with E-state index < -0.39 is 0 Å². The number of halogens is 1. The third kappa shape index (κ3) is 2.82. The topological polar surface area (TPSA) is 21.7 Å². The molecule has 1 saturated heterocycles. The second kappa shape index (κ2) is 6.41. The van der Waals surface area contributed by atoms with E-state index in [1.165, 1.54) is 11.1 Å². The second-order valence-corrected chi connectivity index (χ2v) is 7.67. The number of likely N-dealkylation sites (tertiary alicyclic amines) is 1. The van der Waals surface area contributed by atoms with Crippen molar-refractivity contribution in [3.05, 3.63) is 58.1 Å². The number of rotatable bonds is 3. The van der Waals surface area contributed by atoms with Crippen LogP contribution in [0.4, 0.5) is 0 Å². The molecule has 0 aliphatic carbocycles. The summed E-state index contributed by atoms with van der Waals surface area (Å²) in [6, 6.07) is 15.0. The Labute approximate surface area is 151 Å². The predicted molar refractivity (Wildman–Crippen MR) is 98.8 cm³/mol. The van der Waals surface area contributed by atoms with E-state index in [0.717, 1.165) is 55.1 Å². The Hall–Kier alpha value is -1.52. The number of ether oxygens (including phenoxy) is 2. The van der Waals surface area contributed by atoms with Gasteiger partial charge in [-0.3, -0.25) is 4.90 Å². The summed E-state index contributed by atoms with van der Waals surface area (Å²) in [5.74, 6) is 1.83. The largest absolute Gasteiger partial charge is 0.495 e. The molecule has 2 aromatic carbocycles. The highest BCUT2D eigenvalue weighted by molar-refractivity contribution is 9.10. The predicted octanol–water partition coefficient (Wildman–Crippen LogP) is 4.38. The second-order valence-electron chi connectivity index (χ2n) is 6.81. The third-order valence-corrected chi connectivity index (χ3v) is 6.01. The van der Waals surface area contributed by atoms with Gasteiger partial charge in [0.1, 0.15) is 11.5 Å². The first kappa shape index (κ1) is 16.0. The van der Waals surface area contributed by atoms with E-state index in [2.05, 4.69) is 57.2 Å². The minimum atomic E-state index is 0.164. The van der Waals surface area contributed by atoms with Crippen molar-refractivity contribution in [3.63, 3.8) is 0 Å². The number of hydrogen-bond donors (Lipinski definition) is 0. The molecule has 0 saturated carbocycles. The quantitative estimate of drug-likeness (QED) is 0.779. The first-order valence-corrected chi connectivity index (χ1v) is 9.27. The maximum Gasteiger partial charge on any atom is 0.136 e. The Morgan fingerprint density at radius 1 is 1.17 bits per heavy atom. The minimum Gasteiger partial charge on any atom is -0.495 e. The van der Waals surface area contributed by atoms with Gasteiger partial charge in [-0.2, -0.15) is 0 Å². The van der Waals surface area contributed by atoms with E-state index in [1.54, 1.807) is 7.11 Å².